The molecule has 1 amide bonds. The van der Waals surface area contributed by atoms with Gasteiger partial charge in [0, 0.05) is 19.2 Å². The molecule has 0 fully saturated rings. The van der Waals surface area contributed by atoms with E-state index in [0.717, 1.165) is 11.1 Å². The van der Waals surface area contributed by atoms with Gasteiger partial charge in [0.25, 0.3) is 10.0 Å². The lowest BCUT2D eigenvalue weighted by molar-refractivity contribution is -0.114. The smallest absolute Gasteiger partial charge is 0.264 e. The first-order valence-electron chi connectivity index (χ1n) is 7.38. The Kier molecular flexibility index (Phi) is 3.85. The van der Waals surface area contributed by atoms with Gasteiger partial charge in [-0.25, -0.2) is 8.42 Å². The molecule has 1 N–H and O–H groups in total. The second kappa shape index (κ2) is 5.70. The summed E-state index contributed by atoms with van der Waals surface area (Å²) in [6.45, 7) is 3.78. The minimum Gasteiger partial charge on any atom is -0.326 e. The van der Waals surface area contributed by atoms with Gasteiger partial charge in [0.15, 0.2) is 0 Å². The molecular formula is C17H18N2O3S. The van der Waals surface area contributed by atoms with Crippen molar-refractivity contribution in [1.82, 2.24) is 0 Å². The average Bonchev–Trinajstić information content (AvgIpc) is 2.91. The van der Waals surface area contributed by atoms with Gasteiger partial charge in [-0.2, -0.15) is 0 Å². The Hall–Kier alpha value is -2.34. The number of fused-ring (bicyclic) bond motifs is 1. The fourth-order valence-corrected chi connectivity index (χ4v) is 4.24. The van der Waals surface area contributed by atoms with Gasteiger partial charge >= 0.3 is 0 Å². The summed E-state index contributed by atoms with van der Waals surface area (Å²) in [6, 6.07) is 12.2. The van der Waals surface area contributed by atoms with E-state index >= 15 is 0 Å². The first kappa shape index (κ1) is 15.6. The van der Waals surface area contributed by atoms with E-state index < -0.39 is 10.0 Å². The second-order valence-corrected chi connectivity index (χ2v) is 7.53. The number of rotatable bonds is 3. The van der Waals surface area contributed by atoms with E-state index in [9.17, 15) is 13.2 Å². The van der Waals surface area contributed by atoms with Crippen LogP contribution in [0.15, 0.2) is 47.4 Å². The third-order valence-corrected chi connectivity index (χ3v) is 5.69. The Bertz CT molecular complexity index is 858. The van der Waals surface area contributed by atoms with Crippen molar-refractivity contribution >= 4 is 27.3 Å². The number of hydrogen-bond donors (Lipinski definition) is 1. The zero-order valence-corrected chi connectivity index (χ0v) is 13.9. The number of anilines is 2. The summed E-state index contributed by atoms with van der Waals surface area (Å²) in [7, 11) is -3.56. The molecule has 0 saturated heterocycles. The van der Waals surface area contributed by atoms with Crippen LogP contribution in [-0.4, -0.2) is 20.9 Å². The Morgan fingerprint density at radius 1 is 1.13 bits per heavy atom. The number of nitrogens with one attached hydrogen (secondary N) is 1. The molecule has 23 heavy (non-hydrogen) atoms. The highest BCUT2D eigenvalue weighted by Crippen LogP contribution is 2.34. The van der Waals surface area contributed by atoms with Gasteiger partial charge in [0.05, 0.1) is 10.6 Å². The minimum absolute atomic E-state index is 0.146. The van der Waals surface area contributed by atoms with Crippen molar-refractivity contribution in [1.29, 1.82) is 0 Å². The summed E-state index contributed by atoms with van der Waals surface area (Å²) in [5.74, 6) is -0.146. The van der Waals surface area contributed by atoms with Crippen LogP contribution in [0.25, 0.3) is 0 Å². The van der Waals surface area contributed by atoms with Crippen LogP contribution in [0.4, 0.5) is 11.4 Å². The molecule has 3 rings (SSSR count). The van der Waals surface area contributed by atoms with Gasteiger partial charge in [-0.3, -0.25) is 9.10 Å². The van der Waals surface area contributed by atoms with Crippen LogP contribution >= 0.6 is 0 Å². The minimum atomic E-state index is -3.56. The highest BCUT2D eigenvalue weighted by molar-refractivity contribution is 7.92. The first-order chi connectivity index (χ1) is 10.9. The Morgan fingerprint density at radius 2 is 1.83 bits per heavy atom. The standard InChI is InChI=1S/C17H18N2O3S/c1-12-3-6-16(7-4-12)23(21,22)19-10-9-14-11-15(18-13(2)20)5-8-17(14)19/h3-8,11H,9-10H2,1-2H3,(H,18,20). The first-order valence-corrected chi connectivity index (χ1v) is 8.82. The van der Waals surface area contributed by atoms with Gasteiger partial charge in [-0.1, -0.05) is 17.7 Å². The summed E-state index contributed by atoms with van der Waals surface area (Å²) in [5.41, 5.74) is 3.31. The predicted octanol–water partition coefficient (Wildman–Crippen LogP) is 2.70. The van der Waals surface area contributed by atoms with Crippen LogP contribution in [0.1, 0.15) is 18.1 Å². The molecule has 0 atom stereocenters. The monoisotopic (exact) mass is 330 g/mol. The molecule has 0 unspecified atom stereocenters. The van der Waals surface area contributed by atoms with Crippen molar-refractivity contribution in [3.05, 3.63) is 53.6 Å². The molecule has 2 aromatic carbocycles. The fourth-order valence-electron chi connectivity index (χ4n) is 2.74. The third kappa shape index (κ3) is 2.94. The highest BCUT2D eigenvalue weighted by Gasteiger charge is 2.30. The average molecular weight is 330 g/mol. The lowest BCUT2D eigenvalue weighted by Gasteiger charge is -2.20. The van der Waals surface area contributed by atoms with Crippen LogP contribution in [0, 0.1) is 6.92 Å². The normalized spacial score (nSPS) is 13.7. The van der Waals surface area contributed by atoms with Crippen LogP contribution in [0.2, 0.25) is 0 Å². The number of hydrogen-bond acceptors (Lipinski definition) is 3. The van der Waals surface area contributed by atoms with Gasteiger partial charge in [-0.15, -0.1) is 0 Å². The topological polar surface area (TPSA) is 66.5 Å². The number of sulfonamides is 1. The van der Waals surface area contributed by atoms with E-state index in [2.05, 4.69) is 5.32 Å². The highest BCUT2D eigenvalue weighted by atomic mass is 32.2. The van der Waals surface area contributed by atoms with Crippen LogP contribution in [0.5, 0.6) is 0 Å². The van der Waals surface area contributed by atoms with Crippen molar-refractivity contribution in [3.63, 3.8) is 0 Å². The maximum absolute atomic E-state index is 12.8. The molecule has 0 bridgehead atoms. The van der Waals surface area contributed by atoms with Crippen LogP contribution < -0.4 is 9.62 Å². The Labute approximate surface area is 136 Å². The Balaban J connectivity index is 1.95. The van der Waals surface area contributed by atoms with Gasteiger partial charge in [0.2, 0.25) is 5.91 Å². The Morgan fingerprint density at radius 3 is 2.48 bits per heavy atom. The van der Waals surface area contributed by atoms with E-state index in [-0.39, 0.29) is 5.91 Å². The molecule has 0 aromatic heterocycles. The molecule has 120 valence electrons. The van der Waals surface area contributed by atoms with E-state index in [1.807, 2.05) is 13.0 Å². The summed E-state index contributed by atoms with van der Waals surface area (Å²) >= 11 is 0. The maximum atomic E-state index is 12.8. The zero-order chi connectivity index (χ0) is 16.6. The number of benzene rings is 2. The predicted molar refractivity (Wildman–Crippen MR) is 90.2 cm³/mol. The summed E-state index contributed by atoms with van der Waals surface area (Å²) < 4.78 is 27.1. The molecular weight excluding hydrogens is 312 g/mol. The molecule has 1 aliphatic rings. The summed E-state index contributed by atoms with van der Waals surface area (Å²) in [5, 5.41) is 2.72. The van der Waals surface area contributed by atoms with Crippen LogP contribution in [0.3, 0.4) is 0 Å². The SMILES string of the molecule is CC(=O)Nc1ccc2c(c1)CCN2S(=O)(=O)c1ccc(C)cc1. The summed E-state index contributed by atoms with van der Waals surface area (Å²) in [6.07, 6.45) is 0.633. The molecule has 0 spiro atoms. The molecule has 6 heteroatoms. The molecule has 0 aliphatic carbocycles. The molecule has 1 heterocycles. The van der Waals surface area contributed by atoms with E-state index in [1.54, 1.807) is 36.4 Å². The number of carbonyl (C=O) groups is 1. The lowest BCUT2D eigenvalue weighted by Crippen LogP contribution is -2.29. The number of nitrogens with zero attached hydrogens (tertiary/aromatic N) is 1. The molecule has 0 saturated carbocycles. The maximum Gasteiger partial charge on any atom is 0.264 e. The molecule has 2 aromatic rings. The van der Waals surface area contributed by atoms with Gasteiger partial charge < -0.3 is 5.32 Å². The molecule has 0 radical (unpaired) electrons. The van der Waals surface area contributed by atoms with Crippen LogP contribution in [-0.2, 0) is 21.2 Å². The van der Waals surface area contributed by atoms with E-state index in [4.69, 9.17) is 0 Å². The van der Waals surface area contributed by atoms with Crippen molar-refractivity contribution < 1.29 is 13.2 Å². The number of carbonyl (C=O) groups excluding carboxylic acids is 1. The van der Waals surface area contributed by atoms with E-state index in [1.165, 1.54) is 11.2 Å². The summed E-state index contributed by atoms with van der Waals surface area (Å²) in [4.78, 5) is 11.4. The third-order valence-electron chi connectivity index (χ3n) is 3.86. The fraction of sp³-hybridized carbons (Fsp3) is 0.235. The van der Waals surface area contributed by atoms with Gasteiger partial charge in [-0.05, 0) is 49.2 Å². The second-order valence-electron chi connectivity index (χ2n) is 5.66. The quantitative estimate of drug-likeness (QED) is 0.941. The van der Waals surface area contributed by atoms with Crippen molar-refractivity contribution in [2.45, 2.75) is 25.2 Å². The number of aryl methyl sites for hydroxylation is 1. The van der Waals surface area contributed by atoms with Crippen molar-refractivity contribution in [3.8, 4) is 0 Å². The number of amides is 1. The lowest BCUT2D eigenvalue weighted by atomic mass is 10.1. The van der Waals surface area contributed by atoms with E-state index in [0.29, 0.717) is 29.2 Å². The zero-order valence-electron chi connectivity index (χ0n) is 13.0. The molecule has 1 aliphatic heterocycles. The van der Waals surface area contributed by atoms with Crippen molar-refractivity contribution in [2.24, 2.45) is 0 Å². The molecule has 5 nitrogen and oxygen atoms in total. The van der Waals surface area contributed by atoms with Gasteiger partial charge in [0.1, 0.15) is 0 Å². The largest absolute Gasteiger partial charge is 0.326 e. The van der Waals surface area contributed by atoms with Crippen molar-refractivity contribution in [2.75, 3.05) is 16.2 Å².